The Balaban J connectivity index is 1.60. The molecule has 2 atom stereocenters. The van der Waals surface area contributed by atoms with Gasteiger partial charge in [0.05, 0.1) is 11.1 Å². The number of aromatic nitrogens is 1. The Kier molecular flexibility index (Phi) is 7.18. The summed E-state index contributed by atoms with van der Waals surface area (Å²) in [6.07, 6.45) is 0.349. The van der Waals surface area contributed by atoms with Crippen molar-refractivity contribution >= 4 is 31.8 Å². The Hall–Kier alpha value is -3.82. The first-order valence-electron chi connectivity index (χ1n) is 12.7. The fourth-order valence-electron chi connectivity index (χ4n) is 5.53. The van der Waals surface area contributed by atoms with Gasteiger partial charge in [-0.1, -0.05) is 6.07 Å². The van der Waals surface area contributed by atoms with Gasteiger partial charge in [-0.15, -0.1) is 0 Å². The molecule has 5 rings (SSSR count). The molecule has 2 aromatic carbocycles. The molecule has 2 aliphatic heterocycles. The number of nitrogens with zero attached hydrogens (tertiary/aromatic N) is 4. The largest absolute Gasteiger partial charge is 0.369 e. The summed E-state index contributed by atoms with van der Waals surface area (Å²) in [6, 6.07) is 10.1. The van der Waals surface area contributed by atoms with E-state index in [-0.39, 0.29) is 41.1 Å². The lowest BCUT2D eigenvalue weighted by Gasteiger charge is -2.48. The number of carbonyl (C=O) groups excluding carboxylic acids is 1. The van der Waals surface area contributed by atoms with E-state index in [0.717, 1.165) is 51.2 Å². The van der Waals surface area contributed by atoms with Crippen LogP contribution in [0.1, 0.15) is 35.0 Å². The molecule has 0 radical (unpaired) electrons. The summed E-state index contributed by atoms with van der Waals surface area (Å²) < 4.78 is 97.1. The van der Waals surface area contributed by atoms with Crippen LogP contribution >= 0.6 is 0 Å². The number of aliphatic imine (C=N–C) groups is 1. The second kappa shape index (κ2) is 10.2. The Morgan fingerprint density at radius 2 is 1.71 bits per heavy atom. The van der Waals surface area contributed by atoms with E-state index in [1.807, 2.05) is 0 Å². The van der Waals surface area contributed by atoms with Gasteiger partial charge in [-0.25, -0.2) is 39.3 Å². The Morgan fingerprint density at radius 3 is 2.36 bits per heavy atom. The van der Waals surface area contributed by atoms with E-state index in [0.29, 0.717) is 0 Å². The van der Waals surface area contributed by atoms with Crippen LogP contribution in [0, 0.1) is 17.5 Å². The Morgan fingerprint density at radius 1 is 1.05 bits per heavy atom. The number of hydrogen-bond donors (Lipinski definition) is 1. The fraction of sp³-hybridized carbons (Fsp3) is 0.296. The molecule has 2 N–H and O–H groups in total. The molecule has 3 heterocycles. The zero-order chi connectivity index (χ0) is 30.7. The van der Waals surface area contributed by atoms with Crippen LogP contribution in [0.25, 0.3) is 0 Å². The van der Waals surface area contributed by atoms with Crippen LogP contribution in [0.15, 0.2) is 70.7 Å². The van der Waals surface area contributed by atoms with Gasteiger partial charge in [-0.2, -0.15) is 4.31 Å². The Labute approximate surface area is 240 Å². The smallest absolute Gasteiger partial charge is 0.247 e. The summed E-state index contributed by atoms with van der Waals surface area (Å²) in [6.45, 7) is 0.507. The molecule has 15 heteroatoms. The zero-order valence-corrected chi connectivity index (χ0v) is 24.1. The normalized spacial score (nSPS) is 24.1. The zero-order valence-electron chi connectivity index (χ0n) is 22.5. The van der Waals surface area contributed by atoms with Crippen molar-refractivity contribution in [2.75, 3.05) is 20.1 Å². The van der Waals surface area contributed by atoms with Crippen LogP contribution in [-0.4, -0.2) is 67.1 Å². The lowest BCUT2D eigenvalue weighted by molar-refractivity contribution is 0.0988. The fourth-order valence-corrected chi connectivity index (χ4v) is 9.25. The SMILES string of the molecule is CN1C(N)=N[C@](C)(c2cc(CC(=O)c3ccc(F)cn3)ccc2F)[C@@]2(CCN(S(=O)(=O)c3ccc(F)cc3)C2)S1(=O)=O. The molecular weight excluding hydrogens is 595 g/mol. The molecule has 1 saturated heterocycles. The molecule has 0 amide bonds. The third-order valence-corrected chi connectivity index (χ3v) is 12.5. The van der Waals surface area contributed by atoms with Crippen LogP contribution in [0.2, 0.25) is 0 Å². The maximum Gasteiger partial charge on any atom is 0.247 e. The summed E-state index contributed by atoms with van der Waals surface area (Å²) in [5.74, 6) is -3.04. The summed E-state index contributed by atoms with van der Waals surface area (Å²) >= 11 is 0. The van der Waals surface area contributed by atoms with E-state index < -0.39 is 66.1 Å². The van der Waals surface area contributed by atoms with Crippen LogP contribution in [-0.2, 0) is 32.0 Å². The highest BCUT2D eigenvalue weighted by molar-refractivity contribution is 7.91. The van der Waals surface area contributed by atoms with Crippen molar-refractivity contribution in [3.63, 3.8) is 0 Å². The third-order valence-electron chi connectivity index (χ3n) is 7.98. The van der Waals surface area contributed by atoms with Crippen molar-refractivity contribution < 1.29 is 34.8 Å². The van der Waals surface area contributed by atoms with Gasteiger partial charge in [-0.3, -0.25) is 9.78 Å². The van der Waals surface area contributed by atoms with Crippen molar-refractivity contribution in [3.8, 4) is 0 Å². The predicted molar refractivity (Wildman–Crippen MR) is 147 cm³/mol. The number of halogens is 3. The highest BCUT2D eigenvalue weighted by Crippen LogP contribution is 2.52. The summed E-state index contributed by atoms with van der Waals surface area (Å²) in [4.78, 5) is 20.8. The minimum Gasteiger partial charge on any atom is -0.369 e. The number of Topliss-reactive ketones (excluding diaryl/α,β-unsaturated/α-hetero) is 1. The first-order valence-corrected chi connectivity index (χ1v) is 15.5. The molecule has 10 nitrogen and oxygen atoms in total. The highest BCUT2D eigenvalue weighted by Gasteiger charge is 2.67. The standard InChI is InChI=1S/C27H26F3N5O5S2/c1-26(21-13-17(3-9-22(21)30)14-24(36)23-10-6-19(29)15-32-23)27(42(39,40)34(2)25(31)33-26)11-12-35(16-27)41(37,38)20-7-4-18(28)5-8-20/h3-10,13,15H,11-12,14,16H2,1-2H3,(H2,31,33)/t26-,27+/m1/s1. The van der Waals surface area contributed by atoms with Crippen molar-refractivity contribution in [1.82, 2.24) is 13.6 Å². The lowest BCUT2D eigenvalue weighted by atomic mass is 9.77. The summed E-state index contributed by atoms with van der Waals surface area (Å²) in [5.41, 5.74) is 4.14. The quantitative estimate of drug-likeness (QED) is 0.417. The second-order valence-electron chi connectivity index (χ2n) is 10.3. The van der Waals surface area contributed by atoms with Crippen molar-refractivity contribution in [2.24, 2.45) is 10.7 Å². The first kappa shape index (κ1) is 29.7. The number of pyridine rings is 1. The van der Waals surface area contributed by atoms with Gasteiger partial charge in [0.15, 0.2) is 5.78 Å². The van der Waals surface area contributed by atoms with Gasteiger partial charge in [0.2, 0.25) is 26.0 Å². The monoisotopic (exact) mass is 621 g/mol. The number of benzene rings is 2. The molecule has 2 aliphatic rings. The number of ketones is 1. The molecule has 0 unspecified atom stereocenters. The maximum atomic E-state index is 15.6. The average molecular weight is 622 g/mol. The van der Waals surface area contributed by atoms with Crippen molar-refractivity contribution in [2.45, 2.75) is 34.9 Å². The molecule has 0 bridgehead atoms. The van der Waals surface area contributed by atoms with Crippen LogP contribution in [0.5, 0.6) is 0 Å². The van der Waals surface area contributed by atoms with E-state index in [4.69, 9.17) is 5.73 Å². The third kappa shape index (κ3) is 4.55. The van der Waals surface area contributed by atoms with Crippen molar-refractivity contribution in [1.29, 1.82) is 0 Å². The number of nitrogens with two attached hydrogens (primary N) is 1. The summed E-state index contributed by atoms with van der Waals surface area (Å²) in [7, 11) is -7.56. The first-order chi connectivity index (χ1) is 19.6. The number of rotatable bonds is 6. The van der Waals surface area contributed by atoms with Crippen molar-refractivity contribution in [3.05, 3.63) is 95.1 Å². The predicted octanol–water partition coefficient (Wildman–Crippen LogP) is 2.56. The molecule has 1 fully saturated rings. The van der Waals surface area contributed by atoms with Gasteiger partial charge >= 0.3 is 0 Å². The molecule has 1 aromatic heterocycles. The average Bonchev–Trinajstić information content (AvgIpc) is 3.42. The minimum absolute atomic E-state index is 0.0217. The molecule has 42 heavy (non-hydrogen) atoms. The van der Waals surface area contributed by atoms with Gasteiger partial charge in [-0.05, 0) is 67.4 Å². The topological polar surface area (TPSA) is 143 Å². The van der Waals surface area contributed by atoms with Gasteiger partial charge < -0.3 is 5.73 Å². The minimum atomic E-state index is -4.46. The lowest BCUT2D eigenvalue weighted by Crippen LogP contribution is -2.66. The van der Waals surface area contributed by atoms with E-state index in [1.165, 1.54) is 32.2 Å². The molecule has 0 saturated carbocycles. The second-order valence-corrected chi connectivity index (χ2v) is 14.5. The van der Waals surface area contributed by atoms with E-state index in [9.17, 15) is 30.4 Å². The van der Waals surface area contributed by atoms with Gasteiger partial charge in [0, 0.05) is 32.1 Å². The van der Waals surface area contributed by atoms with Crippen LogP contribution in [0.4, 0.5) is 13.2 Å². The Bertz CT molecular complexity index is 1820. The van der Waals surface area contributed by atoms with E-state index in [1.54, 1.807) is 0 Å². The highest BCUT2D eigenvalue weighted by atomic mass is 32.2. The van der Waals surface area contributed by atoms with Crippen LogP contribution in [0.3, 0.4) is 0 Å². The number of hydrogen-bond acceptors (Lipinski definition) is 8. The molecule has 222 valence electrons. The number of sulfonamides is 2. The van der Waals surface area contributed by atoms with Gasteiger partial charge in [0.1, 0.15) is 33.4 Å². The molecular formula is C27H26F3N5O5S2. The number of carbonyl (C=O) groups is 1. The van der Waals surface area contributed by atoms with E-state index in [2.05, 4.69) is 9.98 Å². The molecule has 1 spiro atoms. The molecule has 0 aliphatic carbocycles. The van der Waals surface area contributed by atoms with E-state index >= 15 is 4.39 Å². The summed E-state index contributed by atoms with van der Waals surface area (Å²) in [5, 5.41) is 0. The van der Waals surface area contributed by atoms with Crippen LogP contribution < -0.4 is 5.73 Å². The number of guanidine groups is 1. The maximum absolute atomic E-state index is 15.6. The molecule has 3 aromatic rings. The van der Waals surface area contributed by atoms with Gasteiger partial charge in [0.25, 0.3) is 0 Å².